The lowest BCUT2D eigenvalue weighted by Crippen LogP contribution is -2.23. The molecular formula is C13H16N2O. The van der Waals surface area contributed by atoms with E-state index in [4.69, 9.17) is 0 Å². The van der Waals surface area contributed by atoms with Gasteiger partial charge < -0.3 is 5.32 Å². The van der Waals surface area contributed by atoms with Gasteiger partial charge in [-0.2, -0.15) is 0 Å². The predicted octanol–water partition coefficient (Wildman–Crippen LogP) is 1.46. The summed E-state index contributed by atoms with van der Waals surface area (Å²) >= 11 is 0. The molecule has 1 aromatic heterocycles. The molecule has 0 aliphatic heterocycles. The van der Waals surface area contributed by atoms with Gasteiger partial charge in [-0.05, 0) is 44.2 Å². The van der Waals surface area contributed by atoms with E-state index < -0.39 is 0 Å². The summed E-state index contributed by atoms with van der Waals surface area (Å²) in [6.07, 6.45) is 3.56. The third-order valence-corrected chi connectivity index (χ3v) is 2.23. The van der Waals surface area contributed by atoms with Gasteiger partial charge in [0.25, 0.3) is 5.91 Å². The fraction of sp³-hybridized carbons (Fsp3) is 0.385. The molecule has 0 aliphatic rings. The molecule has 1 N–H and O–H groups in total. The van der Waals surface area contributed by atoms with Gasteiger partial charge in [0.15, 0.2) is 0 Å². The van der Waals surface area contributed by atoms with Gasteiger partial charge >= 0.3 is 0 Å². The first kappa shape index (κ1) is 12.3. The molecule has 16 heavy (non-hydrogen) atoms. The molecule has 0 spiro atoms. The molecule has 3 heteroatoms. The van der Waals surface area contributed by atoms with E-state index in [2.05, 4.69) is 22.1 Å². The highest BCUT2D eigenvalue weighted by Gasteiger charge is 1.99. The Morgan fingerprint density at radius 1 is 1.56 bits per heavy atom. The van der Waals surface area contributed by atoms with Crippen molar-refractivity contribution < 1.29 is 4.79 Å². The number of amides is 1. The first-order chi connectivity index (χ1) is 7.74. The maximum absolute atomic E-state index is 11.0. The minimum absolute atomic E-state index is 0.208. The van der Waals surface area contributed by atoms with E-state index in [1.54, 1.807) is 13.1 Å². The molecule has 0 fully saturated rings. The predicted molar refractivity (Wildman–Crippen MR) is 63.8 cm³/mol. The number of aryl methyl sites for hydroxylation is 2. The van der Waals surface area contributed by atoms with Crippen molar-refractivity contribution in [3.63, 3.8) is 0 Å². The van der Waals surface area contributed by atoms with Crippen LogP contribution in [0.25, 0.3) is 0 Å². The van der Waals surface area contributed by atoms with Gasteiger partial charge in [-0.3, -0.25) is 9.78 Å². The van der Waals surface area contributed by atoms with Crippen molar-refractivity contribution in [1.29, 1.82) is 0 Å². The number of nitrogens with one attached hydrogen (secondary N) is 1. The highest BCUT2D eigenvalue weighted by molar-refractivity contribution is 5.93. The Morgan fingerprint density at radius 2 is 2.38 bits per heavy atom. The zero-order valence-corrected chi connectivity index (χ0v) is 9.71. The molecule has 84 valence electrons. The van der Waals surface area contributed by atoms with Gasteiger partial charge in [-0.1, -0.05) is 12.0 Å². The van der Waals surface area contributed by atoms with Crippen LogP contribution < -0.4 is 5.32 Å². The summed E-state index contributed by atoms with van der Waals surface area (Å²) in [6, 6.07) is 3.97. The zero-order valence-electron chi connectivity index (χ0n) is 9.71. The second kappa shape index (κ2) is 6.62. The molecule has 3 nitrogen and oxygen atoms in total. The van der Waals surface area contributed by atoms with Crippen LogP contribution in [-0.2, 0) is 11.2 Å². The fourth-order valence-corrected chi connectivity index (χ4v) is 1.40. The standard InChI is InChI=1S/C13H16N2O/c1-3-6-13(16)15-10-5-8-12-11(2)7-4-9-14-12/h4,7,9H,5,8,10H2,1-2H3,(H,15,16). The summed E-state index contributed by atoms with van der Waals surface area (Å²) in [7, 11) is 0. The number of hydrogen-bond acceptors (Lipinski definition) is 2. The Labute approximate surface area is 96.3 Å². The van der Waals surface area contributed by atoms with Crippen LogP contribution in [0.2, 0.25) is 0 Å². The highest BCUT2D eigenvalue weighted by atomic mass is 16.1. The number of rotatable bonds is 4. The van der Waals surface area contributed by atoms with Crippen molar-refractivity contribution in [3.05, 3.63) is 29.6 Å². The van der Waals surface area contributed by atoms with Crippen molar-refractivity contribution in [3.8, 4) is 11.8 Å². The summed E-state index contributed by atoms with van der Waals surface area (Å²) in [5.74, 6) is 4.79. The summed E-state index contributed by atoms with van der Waals surface area (Å²) in [5, 5.41) is 2.73. The van der Waals surface area contributed by atoms with E-state index >= 15 is 0 Å². The Bertz CT molecular complexity index is 415. The van der Waals surface area contributed by atoms with Crippen LogP contribution in [0, 0.1) is 18.8 Å². The van der Waals surface area contributed by atoms with Crippen molar-refractivity contribution in [2.45, 2.75) is 26.7 Å². The maximum atomic E-state index is 11.0. The van der Waals surface area contributed by atoms with E-state index in [-0.39, 0.29) is 5.91 Å². The molecule has 1 heterocycles. The first-order valence-electron chi connectivity index (χ1n) is 5.35. The molecule has 1 amide bonds. The molecule has 0 aliphatic carbocycles. The maximum Gasteiger partial charge on any atom is 0.295 e. The molecule has 0 bridgehead atoms. The third kappa shape index (κ3) is 4.14. The van der Waals surface area contributed by atoms with Crippen molar-refractivity contribution >= 4 is 5.91 Å². The molecule has 0 unspecified atom stereocenters. The van der Waals surface area contributed by atoms with Crippen LogP contribution in [-0.4, -0.2) is 17.4 Å². The number of nitrogens with zero attached hydrogens (tertiary/aromatic N) is 1. The quantitative estimate of drug-likeness (QED) is 0.611. The number of carbonyl (C=O) groups excluding carboxylic acids is 1. The Kier molecular flexibility index (Phi) is 5.07. The average Bonchev–Trinajstić information content (AvgIpc) is 2.27. The third-order valence-electron chi connectivity index (χ3n) is 2.23. The second-order valence-electron chi connectivity index (χ2n) is 3.50. The monoisotopic (exact) mass is 216 g/mol. The average molecular weight is 216 g/mol. The SMILES string of the molecule is CC#CC(=O)NCCCc1ncccc1C. The van der Waals surface area contributed by atoms with Crippen LogP contribution in [0.15, 0.2) is 18.3 Å². The smallest absolute Gasteiger partial charge is 0.295 e. The number of pyridine rings is 1. The summed E-state index contributed by atoms with van der Waals surface area (Å²) in [6.45, 7) is 4.34. The Morgan fingerprint density at radius 3 is 3.06 bits per heavy atom. The van der Waals surface area contributed by atoms with Crippen LogP contribution in [0.3, 0.4) is 0 Å². The van der Waals surface area contributed by atoms with E-state index in [0.717, 1.165) is 18.5 Å². The van der Waals surface area contributed by atoms with Crippen molar-refractivity contribution in [2.24, 2.45) is 0 Å². The van der Waals surface area contributed by atoms with Gasteiger partial charge in [-0.25, -0.2) is 0 Å². The van der Waals surface area contributed by atoms with Crippen LogP contribution in [0.5, 0.6) is 0 Å². The lowest BCUT2D eigenvalue weighted by molar-refractivity contribution is -0.115. The molecular weight excluding hydrogens is 200 g/mol. The minimum atomic E-state index is -0.208. The van der Waals surface area contributed by atoms with Crippen LogP contribution in [0.1, 0.15) is 24.6 Å². The highest BCUT2D eigenvalue weighted by Crippen LogP contribution is 2.05. The van der Waals surface area contributed by atoms with Gasteiger partial charge in [0, 0.05) is 18.4 Å². The topological polar surface area (TPSA) is 42.0 Å². The molecule has 0 saturated heterocycles. The Hall–Kier alpha value is -1.82. The van der Waals surface area contributed by atoms with E-state index in [0.29, 0.717) is 6.54 Å². The molecule has 0 aromatic carbocycles. The van der Waals surface area contributed by atoms with E-state index in [9.17, 15) is 4.79 Å². The fourth-order valence-electron chi connectivity index (χ4n) is 1.40. The second-order valence-corrected chi connectivity index (χ2v) is 3.50. The lowest BCUT2D eigenvalue weighted by atomic mass is 10.1. The summed E-state index contributed by atoms with van der Waals surface area (Å²) in [5.41, 5.74) is 2.29. The van der Waals surface area contributed by atoms with Crippen molar-refractivity contribution in [1.82, 2.24) is 10.3 Å². The van der Waals surface area contributed by atoms with Gasteiger partial charge in [0.05, 0.1) is 0 Å². The largest absolute Gasteiger partial charge is 0.345 e. The summed E-state index contributed by atoms with van der Waals surface area (Å²) < 4.78 is 0. The van der Waals surface area contributed by atoms with Crippen molar-refractivity contribution in [2.75, 3.05) is 6.54 Å². The molecule has 0 radical (unpaired) electrons. The van der Waals surface area contributed by atoms with Gasteiger partial charge in [0.1, 0.15) is 0 Å². The molecule has 0 saturated carbocycles. The molecule has 0 atom stereocenters. The Balaban J connectivity index is 2.28. The summed E-state index contributed by atoms with van der Waals surface area (Å²) in [4.78, 5) is 15.3. The molecule has 1 aromatic rings. The number of aromatic nitrogens is 1. The molecule has 1 rings (SSSR count). The van der Waals surface area contributed by atoms with E-state index in [1.807, 2.05) is 19.1 Å². The van der Waals surface area contributed by atoms with Crippen LogP contribution >= 0.6 is 0 Å². The lowest BCUT2D eigenvalue weighted by Gasteiger charge is -2.04. The van der Waals surface area contributed by atoms with E-state index in [1.165, 1.54) is 5.56 Å². The van der Waals surface area contributed by atoms with Gasteiger partial charge in [-0.15, -0.1) is 0 Å². The number of hydrogen-bond donors (Lipinski definition) is 1. The van der Waals surface area contributed by atoms with Gasteiger partial charge in [0.2, 0.25) is 0 Å². The van der Waals surface area contributed by atoms with Crippen LogP contribution in [0.4, 0.5) is 0 Å². The zero-order chi connectivity index (χ0) is 11.8. The first-order valence-corrected chi connectivity index (χ1v) is 5.35. The normalized spacial score (nSPS) is 9.12. The minimum Gasteiger partial charge on any atom is -0.345 e. The number of carbonyl (C=O) groups is 1.